The van der Waals surface area contributed by atoms with E-state index < -0.39 is 144 Å². The Morgan fingerprint density at radius 3 is 0.342 bits per heavy atom. The zero-order chi connectivity index (χ0) is 60.1. The van der Waals surface area contributed by atoms with E-state index >= 15 is 35.1 Å². The summed E-state index contributed by atoms with van der Waals surface area (Å²) in [6.07, 6.45) is -7.22. The molecule has 76 heavy (non-hydrogen) atoms. The molecule has 0 nitrogen and oxygen atoms in total. The van der Waals surface area contributed by atoms with Gasteiger partial charge in [0.1, 0.15) is 52.7 Å². The van der Waals surface area contributed by atoms with Crippen LogP contribution in [-0.4, -0.2) is 50.1 Å². The Bertz CT molecular complexity index is 2230. The van der Waals surface area contributed by atoms with Gasteiger partial charge in [0.2, 0.25) is 0 Å². The van der Waals surface area contributed by atoms with E-state index in [2.05, 4.69) is 144 Å². The molecule has 0 aliphatic heterocycles. The second-order valence-corrected chi connectivity index (χ2v) is 36.9. The Labute approximate surface area is 448 Å². The van der Waals surface area contributed by atoms with E-state index in [1.165, 1.54) is 0 Å². The maximum Gasteiger partial charge on any atom is 0.200 e. The molecule has 0 atom stereocenters. The SMILES string of the molecule is C[Si](C(C)(C)C)C(C)(C)C.C[Si](C(C)(C)C)C(C)(C)C.C[Si](C(C)(C)C)C(C)(C)C.Fc1c(F)c(F)c([B-](c2c(F)c(F)c(F)c(F)c2F)(c2c(F)c(F)c(F)c(F)c2F)c2c(F)c(F)c(F)c(F)c2F)c(F)c1F.[Ge]. The molecule has 25 heteroatoms. The van der Waals surface area contributed by atoms with E-state index in [-0.39, 0.29) is 44.0 Å². The van der Waals surface area contributed by atoms with Gasteiger partial charge in [0.25, 0.3) is 0 Å². The molecule has 0 fully saturated rings. The van der Waals surface area contributed by atoms with E-state index in [9.17, 15) is 52.7 Å². The number of rotatable bonds is 4. The Morgan fingerprint density at radius 2 is 0.276 bits per heavy atom. The van der Waals surface area contributed by atoms with Gasteiger partial charge in [-0.05, 0) is 30.2 Å². The van der Waals surface area contributed by atoms with Crippen molar-refractivity contribution >= 4 is 72.0 Å². The fraction of sp³-hybridized carbons (Fsp3) is 0.529. The summed E-state index contributed by atoms with van der Waals surface area (Å²) < 4.78 is 294. The third-order valence-corrected chi connectivity index (χ3v) is 27.0. The van der Waals surface area contributed by atoms with Crippen molar-refractivity contribution in [3.8, 4) is 0 Å². The second-order valence-electron chi connectivity index (χ2n) is 24.2. The molecule has 7 radical (unpaired) electrons. The Hall–Kier alpha value is -3.26. The smallest absolute Gasteiger partial charge is 0.200 e. The zero-order valence-electron chi connectivity index (χ0n) is 46.1. The molecule has 0 amide bonds. The van der Waals surface area contributed by atoms with E-state index in [4.69, 9.17) is 0 Å². The molecule has 0 aliphatic carbocycles. The number of halogens is 20. The van der Waals surface area contributed by atoms with Gasteiger partial charge in [0, 0.05) is 17.6 Å². The normalized spacial score (nSPS) is 12.8. The molecular weight excluding hydrogens is 1160 g/mol. The molecular formula is C51H63BF20GeSi3-. The third kappa shape index (κ3) is 14.7. The zero-order valence-corrected chi connectivity index (χ0v) is 51.2. The van der Waals surface area contributed by atoms with E-state index in [0.29, 0.717) is 30.2 Å². The molecule has 427 valence electrons. The second kappa shape index (κ2) is 25.0. The van der Waals surface area contributed by atoms with Crippen LogP contribution < -0.4 is 21.9 Å². The van der Waals surface area contributed by atoms with Gasteiger partial charge in [-0.25, -0.2) is 87.8 Å². The molecule has 0 heterocycles. The largest absolute Gasteiger partial charge is 0.207 e. The Morgan fingerprint density at radius 1 is 0.197 bits per heavy atom. The van der Waals surface area contributed by atoms with Gasteiger partial charge in [0.15, 0.2) is 69.8 Å². The van der Waals surface area contributed by atoms with Crippen LogP contribution in [0.3, 0.4) is 0 Å². The van der Waals surface area contributed by atoms with Gasteiger partial charge in [-0.3, -0.25) is 0 Å². The van der Waals surface area contributed by atoms with Gasteiger partial charge in [-0.2, -0.15) is 0 Å². The molecule has 0 saturated heterocycles. The summed E-state index contributed by atoms with van der Waals surface area (Å²) in [6.45, 7) is 49.7. The van der Waals surface area contributed by atoms with Gasteiger partial charge in [-0.15, -0.1) is 21.9 Å². The van der Waals surface area contributed by atoms with E-state index in [1.807, 2.05) is 0 Å². The van der Waals surface area contributed by atoms with Crippen LogP contribution in [0.2, 0.25) is 49.9 Å². The number of hydrogen-bond acceptors (Lipinski definition) is 0. The summed E-state index contributed by atoms with van der Waals surface area (Å²) >= 11 is 0. The predicted octanol–water partition coefficient (Wildman–Crippen LogP) is 16.6. The predicted molar refractivity (Wildman–Crippen MR) is 268 cm³/mol. The van der Waals surface area contributed by atoms with Crippen LogP contribution in [0.25, 0.3) is 0 Å². The molecule has 0 saturated carbocycles. The van der Waals surface area contributed by atoms with Crippen LogP contribution in [0.15, 0.2) is 0 Å². The summed E-state index contributed by atoms with van der Waals surface area (Å²) in [7, 11) is -0.662. The van der Waals surface area contributed by atoms with Crippen molar-refractivity contribution in [2.45, 2.75) is 174 Å². The van der Waals surface area contributed by atoms with Crippen molar-refractivity contribution in [1.82, 2.24) is 0 Å². The van der Waals surface area contributed by atoms with Gasteiger partial charge in [-0.1, -0.05) is 144 Å². The van der Waals surface area contributed by atoms with Crippen molar-refractivity contribution in [3.63, 3.8) is 0 Å². The van der Waals surface area contributed by atoms with Crippen LogP contribution in [0.4, 0.5) is 87.8 Å². The minimum atomic E-state index is -7.22. The first-order valence-electron chi connectivity index (χ1n) is 22.9. The van der Waals surface area contributed by atoms with Crippen molar-refractivity contribution in [3.05, 3.63) is 116 Å². The van der Waals surface area contributed by atoms with Crippen LogP contribution in [0.1, 0.15) is 125 Å². The standard InChI is InChI=1S/C24BF20.3C9H21Si.Ge/c26-5-1(6(27)14(35)21(42)13(5)34)25(2-7(28)15(36)22(43)16(37)8(2)29,3-9(30)17(38)23(44)18(39)10(3)31)4-11(32)19(40)24(45)20(41)12(4)33;3*1-8(2,3)10(7)9(4,5)6;/h;3*1-7H3;/q-1;;;;. The molecule has 0 unspecified atom stereocenters. The Kier molecular flexibility index (Phi) is 24.0. The molecule has 4 aromatic rings. The minimum Gasteiger partial charge on any atom is -0.207 e. The molecule has 4 aromatic carbocycles. The van der Waals surface area contributed by atoms with Gasteiger partial charge in [0.05, 0.1) is 26.4 Å². The fourth-order valence-electron chi connectivity index (χ4n) is 8.25. The van der Waals surface area contributed by atoms with Crippen LogP contribution in [-0.2, 0) is 0 Å². The average molecular weight is 1220 g/mol. The van der Waals surface area contributed by atoms with Crippen molar-refractivity contribution in [1.29, 1.82) is 0 Å². The molecule has 0 spiro atoms. The maximum atomic E-state index is 15.4. The first-order chi connectivity index (χ1) is 33.2. The van der Waals surface area contributed by atoms with Crippen LogP contribution in [0, 0.1) is 116 Å². The number of hydrogen-bond donors (Lipinski definition) is 0. The maximum absolute atomic E-state index is 15.4. The van der Waals surface area contributed by atoms with Gasteiger partial charge < -0.3 is 0 Å². The van der Waals surface area contributed by atoms with Gasteiger partial charge >= 0.3 is 0 Å². The number of benzene rings is 4. The van der Waals surface area contributed by atoms with Crippen molar-refractivity contribution in [2.24, 2.45) is 0 Å². The summed E-state index contributed by atoms with van der Waals surface area (Å²) in [5.41, 5.74) is -14.3. The van der Waals surface area contributed by atoms with Crippen molar-refractivity contribution in [2.75, 3.05) is 0 Å². The van der Waals surface area contributed by atoms with E-state index in [1.54, 1.807) is 0 Å². The summed E-state index contributed by atoms with van der Waals surface area (Å²) in [6, 6.07) is 0. The average Bonchev–Trinajstić information content (AvgIpc) is 3.26. The molecule has 4 rings (SSSR count). The fourth-order valence-corrected chi connectivity index (χ4v) is 15.0. The van der Waals surface area contributed by atoms with E-state index in [0.717, 1.165) is 0 Å². The quantitative estimate of drug-likeness (QED) is 0.0827. The topological polar surface area (TPSA) is 0 Å². The monoisotopic (exact) mass is 1220 g/mol. The Balaban J connectivity index is 0.00000147. The molecule has 0 bridgehead atoms. The first kappa shape index (κ1) is 72.7. The molecule has 0 N–H and O–H groups in total. The molecule has 0 aliphatic rings. The first-order valence-corrected chi connectivity index (χ1v) is 28.9. The minimum absolute atomic E-state index is 0. The van der Waals surface area contributed by atoms with Crippen molar-refractivity contribution < 1.29 is 87.8 Å². The summed E-state index contributed by atoms with van der Waals surface area (Å²) in [5, 5.41) is 3.27. The summed E-state index contributed by atoms with van der Waals surface area (Å²) in [4.78, 5) is 0. The molecule has 0 aromatic heterocycles. The summed E-state index contributed by atoms with van der Waals surface area (Å²) in [5.74, 6) is -71.4. The van der Waals surface area contributed by atoms with Crippen LogP contribution in [0.5, 0.6) is 0 Å². The third-order valence-electron chi connectivity index (χ3n) is 13.5. The van der Waals surface area contributed by atoms with Crippen LogP contribution >= 0.6 is 0 Å².